The van der Waals surface area contributed by atoms with Crippen molar-refractivity contribution in [2.24, 2.45) is 0 Å². The van der Waals surface area contributed by atoms with Crippen molar-refractivity contribution in [2.75, 3.05) is 32.5 Å². The van der Waals surface area contributed by atoms with E-state index in [2.05, 4.69) is 10.3 Å². The van der Waals surface area contributed by atoms with E-state index in [0.717, 1.165) is 10.2 Å². The topological polar surface area (TPSA) is 91.5 Å². The first kappa shape index (κ1) is 15.5. The number of sulfonamides is 1. The highest BCUT2D eigenvalue weighted by atomic mass is 32.2. The molecule has 0 aliphatic carbocycles. The Balaban J connectivity index is 1.57. The Morgan fingerprint density at radius 3 is 3.14 bits per heavy atom. The highest BCUT2D eigenvalue weighted by Gasteiger charge is 2.26. The molecule has 1 atom stereocenters. The van der Waals surface area contributed by atoms with E-state index in [4.69, 9.17) is 4.74 Å². The number of ether oxygens (including phenoxy) is 1. The third kappa shape index (κ3) is 3.32. The van der Waals surface area contributed by atoms with Crippen molar-refractivity contribution in [3.63, 3.8) is 0 Å². The van der Waals surface area contributed by atoms with Crippen molar-refractivity contribution in [3.05, 3.63) is 23.2 Å². The first-order valence-electron chi connectivity index (χ1n) is 6.84. The lowest BCUT2D eigenvalue weighted by Crippen LogP contribution is -2.49. The lowest BCUT2D eigenvalue weighted by molar-refractivity contribution is 0.000417. The summed E-state index contributed by atoms with van der Waals surface area (Å²) in [5.74, 6) is -0.219. The molecule has 0 bridgehead atoms. The van der Waals surface area contributed by atoms with Crippen LogP contribution in [0.1, 0.15) is 10.5 Å². The molecule has 9 heteroatoms. The minimum Gasteiger partial charge on any atom is -0.374 e. The number of amides is 1. The van der Waals surface area contributed by atoms with Gasteiger partial charge in [0.1, 0.15) is 5.69 Å². The number of hydrogen-bond acceptors (Lipinski definition) is 5. The number of morpholine rings is 1. The molecule has 0 radical (unpaired) electrons. The quantitative estimate of drug-likeness (QED) is 0.851. The average molecular weight is 343 g/mol. The molecule has 0 saturated carbocycles. The van der Waals surface area contributed by atoms with Crippen molar-refractivity contribution < 1.29 is 17.9 Å². The van der Waals surface area contributed by atoms with Crippen molar-refractivity contribution in [1.29, 1.82) is 0 Å². The third-order valence-corrected chi connectivity index (χ3v) is 5.68. The van der Waals surface area contributed by atoms with Gasteiger partial charge in [0.25, 0.3) is 5.91 Å². The Labute approximate surface area is 132 Å². The number of nitrogens with zero attached hydrogens (tertiary/aromatic N) is 1. The number of fused-ring (bicyclic) bond motifs is 1. The van der Waals surface area contributed by atoms with E-state index in [0.29, 0.717) is 18.8 Å². The Kier molecular flexibility index (Phi) is 4.22. The largest absolute Gasteiger partial charge is 0.374 e. The number of nitrogens with one attached hydrogen (secondary N) is 2. The number of H-pyrrole nitrogens is 1. The predicted octanol–water partition coefficient (Wildman–Crippen LogP) is 0.620. The zero-order valence-electron chi connectivity index (χ0n) is 12.0. The SMILES string of the molecule is CS(=O)(=O)N1CCO[C@@H](CNC(=O)c2cc3sccc3[nH]2)C1. The number of hydrogen-bond donors (Lipinski definition) is 2. The Morgan fingerprint density at radius 2 is 2.41 bits per heavy atom. The first-order valence-corrected chi connectivity index (χ1v) is 9.57. The van der Waals surface area contributed by atoms with Crippen molar-refractivity contribution in [2.45, 2.75) is 6.10 Å². The minimum atomic E-state index is -3.22. The van der Waals surface area contributed by atoms with Gasteiger partial charge in [0.2, 0.25) is 10.0 Å². The molecule has 3 rings (SSSR count). The molecule has 1 amide bonds. The maximum absolute atomic E-state index is 12.1. The molecule has 2 aromatic rings. The molecular weight excluding hydrogens is 326 g/mol. The van der Waals surface area contributed by atoms with E-state index < -0.39 is 10.0 Å². The van der Waals surface area contributed by atoms with Crippen molar-refractivity contribution >= 4 is 37.5 Å². The van der Waals surface area contributed by atoms with Crippen LogP contribution in [0.2, 0.25) is 0 Å². The summed E-state index contributed by atoms with van der Waals surface area (Å²) >= 11 is 1.57. The summed E-state index contributed by atoms with van der Waals surface area (Å²) in [6.45, 7) is 1.23. The molecule has 7 nitrogen and oxygen atoms in total. The second-order valence-electron chi connectivity index (χ2n) is 5.21. The molecule has 120 valence electrons. The van der Waals surface area contributed by atoms with Crippen LogP contribution in [0.3, 0.4) is 0 Å². The summed E-state index contributed by atoms with van der Waals surface area (Å²) in [5.41, 5.74) is 1.44. The van der Waals surface area contributed by atoms with E-state index in [1.165, 1.54) is 10.6 Å². The van der Waals surface area contributed by atoms with Gasteiger partial charge in [0.15, 0.2) is 0 Å². The molecule has 1 aliphatic heterocycles. The summed E-state index contributed by atoms with van der Waals surface area (Å²) in [7, 11) is -3.22. The van der Waals surface area contributed by atoms with Gasteiger partial charge in [-0.1, -0.05) is 0 Å². The van der Waals surface area contributed by atoms with Gasteiger partial charge in [0.05, 0.1) is 29.2 Å². The van der Waals surface area contributed by atoms with Gasteiger partial charge in [-0.2, -0.15) is 4.31 Å². The van der Waals surface area contributed by atoms with Crippen LogP contribution >= 0.6 is 11.3 Å². The van der Waals surface area contributed by atoms with Crippen LogP contribution in [0.5, 0.6) is 0 Å². The maximum atomic E-state index is 12.1. The fourth-order valence-corrected chi connectivity index (χ4v) is 4.02. The summed E-state index contributed by atoms with van der Waals surface area (Å²) in [6.07, 6.45) is 0.850. The van der Waals surface area contributed by atoms with Crippen molar-refractivity contribution in [1.82, 2.24) is 14.6 Å². The summed E-state index contributed by atoms with van der Waals surface area (Å²) in [5, 5.41) is 4.74. The number of carbonyl (C=O) groups excluding carboxylic acids is 1. The predicted molar refractivity (Wildman–Crippen MR) is 84.7 cm³/mol. The van der Waals surface area contributed by atoms with Gasteiger partial charge in [-0.05, 0) is 17.5 Å². The second-order valence-corrected chi connectivity index (χ2v) is 8.14. The van der Waals surface area contributed by atoms with Crippen LogP contribution in [-0.4, -0.2) is 62.2 Å². The van der Waals surface area contributed by atoms with E-state index in [9.17, 15) is 13.2 Å². The van der Waals surface area contributed by atoms with E-state index >= 15 is 0 Å². The van der Waals surface area contributed by atoms with Crippen LogP contribution in [-0.2, 0) is 14.8 Å². The lowest BCUT2D eigenvalue weighted by atomic mass is 10.3. The molecule has 1 fully saturated rings. The smallest absolute Gasteiger partial charge is 0.267 e. The minimum absolute atomic E-state index is 0.219. The van der Waals surface area contributed by atoms with E-state index in [-0.39, 0.29) is 25.1 Å². The van der Waals surface area contributed by atoms with Gasteiger partial charge in [-0.3, -0.25) is 4.79 Å². The number of aromatic amines is 1. The van der Waals surface area contributed by atoms with Gasteiger partial charge in [-0.25, -0.2) is 8.42 Å². The fourth-order valence-electron chi connectivity index (χ4n) is 2.39. The maximum Gasteiger partial charge on any atom is 0.267 e. The van der Waals surface area contributed by atoms with Gasteiger partial charge in [0, 0.05) is 19.6 Å². The Bertz CT molecular complexity index is 752. The standard InChI is InChI=1S/C13H17N3O4S2/c1-22(18,19)16-3-4-20-9(8-16)7-14-13(17)11-6-12-10(15-11)2-5-21-12/h2,5-6,9,15H,3-4,7-8H2,1H3,(H,14,17)/t9-/m0/s1. The third-order valence-electron chi connectivity index (χ3n) is 3.55. The monoisotopic (exact) mass is 343 g/mol. The number of rotatable bonds is 4. The Hall–Kier alpha value is -1.42. The molecule has 0 spiro atoms. The van der Waals surface area contributed by atoms with Crippen LogP contribution in [0.4, 0.5) is 0 Å². The molecule has 1 saturated heterocycles. The fraction of sp³-hybridized carbons (Fsp3) is 0.462. The summed E-state index contributed by atoms with van der Waals surface area (Å²) < 4.78 is 31.0. The first-order chi connectivity index (χ1) is 10.4. The zero-order valence-corrected chi connectivity index (χ0v) is 13.7. The molecule has 2 N–H and O–H groups in total. The van der Waals surface area contributed by atoms with Crippen LogP contribution < -0.4 is 5.32 Å². The summed E-state index contributed by atoms with van der Waals surface area (Å²) in [6, 6.07) is 3.73. The molecule has 1 aliphatic rings. The molecule has 0 unspecified atom stereocenters. The number of thiophene rings is 1. The average Bonchev–Trinajstić information content (AvgIpc) is 3.05. The highest BCUT2D eigenvalue weighted by molar-refractivity contribution is 7.88. The van der Waals surface area contributed by atoms with Gasteiger partial charge in [-0.15, -0.1) is 11.3 Å². The van der Waals surface area contributed by atoms with Crippen LogP contribution in [0.25, 0.3) is 10.2 Å². The molecule has 0 aromatic carbocycles. The van der Waals surface area contributed by atoms with Crippen LogP contribution in [0.15, 0.2) is 17.5 Å². The van der Waals surface area contributed by atoms with Crippen LogP contribution in [0, 0.1) is 0 Å². The summed E-state index contributed by atoms with van der Waals surface area (Å²) in [4.78, 5) is 15.2. The molecule has 3 heterocycles. The van der Waals surface area contributed by atoms with Gasteiger partial charge >= 0.3 is 0 Å². The highest BCUT2D eigenvalue weighted by Crippen LogP contribution is 2.21. The van der Waals surface area contributed by atoms with Crippen molar-refractivity contribution in [3.8, 4) is 0 Å². The normalized spacial score (nSPS) is 20.3. The van der Waals surface area contributed by atoms with E-state index in [1.807, 2.05) is 11.4 Å². The molecule has 22 heavy (non-hydrogen) atoms. The lowest BCUT2D eigenvalue weighted by Gasteiger charge is -2.31. The zero-order chi connectivity index (χ0) is 15.7. The second kappa shape index (κ2) is 5.99. The van der Waals surface area contributed by atoms with Gasteiger partial charge < -0.3 is 15.0 Å². The van der Waals surface area contributed by atoms with E-state index in [1.54, 1.807) is 17.4 Å². The number of carbonyl (C=O) groups is 1. The molecular formula is C13H17N3O4S2. The Morgan fingerprint density at radius 1 is 1.59 bits per heavy atom. The number of aromatic nitrogens is 1. The molecule has 2 aromatic heterocycles.